The minimum Gasteiger partial charge on any atom is -0.493 e. The summed E-state index contributed by atoms with van der Waals surface area (Å²) in [5.74, 6) is 3.83. The molecule has 32 heavy (non-hydrogen) atoms. The van der Waals surface area contributed by atoms with Crippen molar-refractivity contribution in [1.82, 2.24) is 15.0 Å². The lowest BCUT2D eigenvalue weighted by Crippen LogP contribution is -2.20. The van der Waals surface area contributed by atoms with E-state index in [1.165, 1.54) is 0 Å². The molecule has 4 aromatic rings. The van der Waals surface area contributed by atoms with Gasteiger partial charge >= 0.3 is 0 Å². The number of hydrogen-bond acceptors (Lipinski definition) is 5. The van der Waals surface area contributed by atoms with Crippen molar-refractivity contribution < 1.29 is 14.3 Å². The Kier molecular flexibility index (Phi) is 4.50. The van der Waals surface area contributed by atoms with E-state index >= 15 is 0 Å². The van der Waals surface area contributed by atoms with Crippen LogP contribution in [-0.2, 0) is 17.6 Å². The second-order valence-electron chi connectivity index (χ2n) is 8.05. The third-order valence-corrected chi connectivity index (χ3v) is 6.12. The first kappa shape index (κ1) is 19.1. The zero-order chi connectivity index (χ0) is 21.7. The minimum atomic E-state index is -0.0213. The van der Waals surface area contributed by atoms with Crippen molar-refractivity contribution in [3.05, 3.63) is 70.6 Å². The van der Waals surface area contributed by atoms with Gasteiger partial charge in [0, 0.05) is 23.2 Å². The van der Waals surface area contributed by atoms with Crippen LogP contribution < -0.4 is 14.8 Å². The van der Waals surface area contributed by atoms with E-state index < -0.39 is 0 Å². The predicted molar refractivity (Wildman–Crippen MR) is 121 cm³/mol. The monoisotopic (exact) mass is 446 g/mol. The number of fused-ring (bicyclic) bond motifs is 3. The van der Waals surface area contributed by atoms with Gasteiger partial charge in [0.05, 0.1) is 23.6 Å². The lowest BCUT2D eigenvalue weighted by atomic mass is 9.96. The van der Waals surface area contributed by atoms with Crippen LogP contribution in [0.1, 0.15) is 29.3 Å². The fourth-order valence-corrected chi connectivity index (χ4v) is 4.46. The molecule has 0 spiro atoms. The van der Waals surface area contributed by atoms with Crippen LogP contribution >= 0.6 is 11.6 Å². The number of aromatic nitrogens is 3. The molecule has 0 bridgehead atoms. The minimum absolute atomic E-state index is 0.0213. The van der Waals surface area contributed by atoms with Crippen LogP contribution in [0.4, 0.5) is 5.82 Å². The van der Waals surface area contributed by atoms with Crippen LogP contribution in [0, 0.1) is 0 Å². The summed E-state index contributed by atoms with van der Waals surface area (Å²) in [6.45, 7) is 0.554. The van der Waals surface area contributed by atoms with E-state index in [0.717, 1.165) is 45.9 Å². The molecular weight excluding hydrogens is 428 g/mol. The van der Waals surface area contributed by atoms with Gasteiger partial charge in [0.25, 0.3) is 0 Å². The zero-order valence-electron chi connectivity index (χ0n) is 17.0. The van der Waals surface area contributed by atoms with Gasteiger partial charge in [-0.15, -0.1) is 0 Å². The van der Waals surface area contributed by atoms with Crippen LogP contribution in [-0.4, -0.2) is 27.5 Å². The highest BCUT2D eigenvalue weighted by Gasteiger charge is 2.25. The van der Waals surface area contributed by atoms with Gasteiger partial charge < -0.3 is 19.8 Å². The molecule has 6 rings (SSSR count). The number of anilines is 1. The molecule has 160 valence electrons. The fraction of sp³-hybridized carbons (Fsp3) is 0.208. The van der Waals surface area contributed by atoms with E-state index in [9.17, 15) is 4.79 Å². The number of nitrogens with zero attached hydrogens (tertiary/aromatic N) is 2. The summed E-state index contributed by atoms with van der Waals surface area (Å²) in [4.78, 5) is 24.0. The van der Waals surface area contributed by atoms with E-state index in [0.29, 0.717) is 36.0 Å². The van der Waals surface area contributed by atoms with Crippen molar-refractivity contribution in [3.63, 3.8) is 0 Å². The van der Waals surface area contributed by atoms with Crippen molar-refractivity contribution >= 4 is 34.4 Å². The maximum atomic E-state index is 11.7. The van der Waals surface area contributed by atoms with Crippen LogP contribution in [0.5, 0.6) is 17.2 Å². The van der Waals surface area contributed by atoms with Crippen LogP contribution in [0.15, 0.2) is 48.7 Å². The van der Waals surface area contributed by atoms with Crippen molar-refractivity contribution in [2.75, 3.05) is 11.9 Å². The number of ether oxygens (including phenoxy) is 2. The standard InChI is InChI=1S/C24H19ClN4O3/c25-15-1-4-18-19(11-15)28-23(27-18)14-9-13-10-16(2-5-20(13)31-12-14)32-21-7-8-26-24-17(21)3-6-22(30)29-24/h1-2,4-5,7-8,10-11,14H,3,6,9,12H2,(H,27,28)(H,26,29,30). The first-order valence-electron chi connectivity index (χ1n) is 10.5. The Morgan fingerprint density at radius 2 is 2.06 bits per heavy atom. The molecule has 0 radical (unpaired) electrons. The predicted octanol–water partition coefficient (Wildman–Crippen LogP) is 5.01. The van der Waals surface area contributed by atoms with Gasteiger partial charge in [-0.2, -0.15) is 0 Å². The number of carbonyl (C=O) groups is 1. The molecule has 1 atom stereocenters. The number of hydrogen-bond donors (Lipinski definition) is 2. The van der Waals surface area contributed by atoms with Gasteiger partial charge in [-0.25, -0.2) is 9.97 Å². The summed E-state index contributed by atoms with van der Waals surface area (Å²) in [6.07, 6.45) is 3.46. The number of benzene rings is 2. The number of H-pyrrole nitrogens is 1. The zero-order valence-corrected chi connectivity index (χ0v) is 17.8. The van der Waals surface area contributed by atoms with Crippen molar-refractivity contribution in [2.45, 2.75) is 25.2 Å². The summed E-state index contributed by atoms with van der Waals surface area (Å²) in [5, 5.41) is 3.48. The second kappa shape index (κ2) is 7.53. The highest BCUT2D eigenvalue weighted by Crippen LogP contribution is 2.37. The molecule has 0 saturated heterocycles. The van der Waals surface area contributed by atoms with E-state index in [4.69, 9.17) is 26.1 Å². The smallest absolute Gasteiger partial charge is 0.225 e. The molecule has 2 aromatic heterocycles. The first-order valence-corrected chi connectivity index (χ1v) is 10.9. The Balaban J connectivity index is 1.26. The molecule has 2 aliphatic heterocycles. The molecule has 2 aliphatic rings. The van der Waals surface area contributed by atoms with Gasteiger partial charge in [-0.05, 0) is 60.9 Å². The topological polar surface area (TPSA) is 89.1 Å². The number of aromatic amines is 1. The Hall–Kier alpha value is -3.58. The van der Waals surface area contributed by atoms with Gasteiger partial charge in [0.2, 0.25) is 5.91 Å². The van der Waals surface area contributed by atoms with Crippen molar-refractivity contribution in [1.29, 1.82) is 0 Å². The molecule has 7 nitrogen and oxygen atoms in total. The fourth-order valence-electron chi connectivity index (χ4n) is 4.28. The quantitative estimate of drug-likeness (QED) is 0.462. The van der Waals surface area contributed by atoms with E-state index in [1.54, 1.807) is 6.20 Å². The summed E-state index contributed by atoms with van der Waals surface area (Å²) < 4.78 is 12.2. The molecule has 1 unspecified atom stereocenters. The third-order valence-electron chi connectivity index (χ3n) is 5.89. The largest absolute Gasteiger partial charge is 0.493 e. The molecule has 0 fully saturated rings. The second-order valence-corrected chi connectivity index (χ2v) is 8.49. The molecule has 2 N–H and O–H groups in total. The number of imidazole rings is 1. The summed E-state index contributed by atoms with van der Waals surface area (Å²) in [5.41, 5.74) is 3.79. The molecule has 0 aliphatic carbocycles. The van der Waals surface area contributed by atoms with Crippen molar-refractivity contribution in [3.8, 4) is 17.2 Å². The van der Waals surface area contributed by atoms with E-state index in [-0.39, 0.29) is 11.8 Å². The maximum absolute atomic E-state index is 11.7. The third kappa shape index (κ3) is 3.44. The normalized spacial score (nSPS) is 17.3. The summed E-state index contributed by atoms with van der Waals surface area (Å²) in [6, 6.07) is 13.3. The Labute approximate surface area is 188 Å². The lowest BCUT2D eigenvalue weighted by molar-refractivity contribution is -0.116. The summed E-state index contributed by atoms with van der Waals surface area (Å²) in [7, 11) is 0. The lowest BCUT2D eigenvalue weighted by Gasteiger charge is -2.25. The number of rotatable bonds is 3. The highest BCUT2D eigenvalue weighted by molar-refractivity contribution is 6.31. The highest BCUT2D eigenvalue weighted by atomic mass is 35.5. The average molecular weight is 447 g/mol. The summed E-state index contributed by atoms with van der Waals surface area (Å²) >= 11 is 6.11. The van der Waals surface area contributed by atoms with Crippen LogP contribution in [0.3, 0.4) is 0 Å². The average Bonchev–Trinajstić information content (AvgIpc) is 3.22. The van der Waals surface area contributed by atoms with E-state index in [2.05, 4.69) is 15.3 Å². The van der Waals surface area contributed by atoms with Gasteiger partial charge in [-0.1, -0.05) is 11.6 Å². The van der Waals surface area contributed by atoms with Gasteiger partial charge in [0.1, 0.15) is 28.9 Å². The number of nitrogens with one attached hydrogen (secondary N) is 2. The SMILES string of the molecule is O=C1CCc2c(Oc3ccc4c(c3)CC(c3nc5ccc(Cl)cc5[nH]3)CO4)ccnc2N1. The molecular formula is C24H19ClN4O3. The van der Waals surface area contributed by atoms with Gasteiger partial charge in [0.15, 0.2) is 0 Å². The Morgan fingerprint density at radius 3 is 3.00 bits per heavy atom. The van der Waals surface area contributed by atoms with Crippen LogP contribution in [0.2, 0.25) is 5.02 Å². The molecule has 8 heteroatoms. The van der Waals surface area contributed by atoms with Crippen molar-refractivity contribution in [2.24, 2.45) is 0 Å². The maximum Gasteiger partial charge on any atom is 0.225 e. The van der Waals surface area contributed by atoms with Gasteiger partial charge in [-0.3, -0.25) is 4.79 Å². The molecule has 0 saturated carbocycles. The number of carbonyl (C=O) groups excluding carboxylic acids is 1. The van der Waals surface area contributed by atoms with E-state index in [1.807, 2.05) is 42.5 Å². The molecule has 1 amide bonds. The molecule has 2 aromatic carbocycles. The van der Waals surface area contributed by atoms with Crippen LogP contribution in [0.25, 0.3) is 11.0 Å². The first-order chi connectivity index (χ1) is 15.6. The number of amides is 1. The number of pyridine rings is 1. The Bertz CT molecular complexity index is 1370. The molecule has 4 heterocycles. The number of halogens is 1. The Morgan fingerprint density at radius 1 is 1.12 bits per heavy atom.